The van der Waals surface area contributed by atoms with Crippen molar-refractivity contribution in [2.24, 2.45) is 0 Å². The van der Waals surface area contributed by atoms with Gasteiger partial charge in [0.05, 0.1) is 18.5 Å². The van der Waals surface area contributed by atoms with E-state index in [0.717, 1.165) is 16.9 Å². The summed E-state index contributed by atoms with van der Waals surface area (Å²) >= 11 is 6.23. The number of hydrogen-bond acceptors (Lipinski definition) is 2. The lowest BCUT2D eigenvalue weighted by Crippen LogP contribution is -2.00. The van der Waals surface area contributed by atoms with Gasteiger partial charge in [-0.3, -0.25) is 0 Å². The summed E-state index contributed by atoms with van der Waals surface area (Å²) in [7, 11) is 1.59. The van der Waals surface area contributed by atoms with Crippen molar-refractivity contribution >= 4 is 11.6 Å². The molecule has 0 saturated heterocycles. The number of rotatable bonds is 2. The predicted molar refractivity (Wildman–Crippen MR) is 64.3 cm³/mol. The highest BCUT2D eigenvalue weighted by Crippen LogP contribution is 2.32. The van der Waals surface area contributed by atoms with Crippen LogP contribution in [0.1, 0.15) is 11.3 Å². The van der Waals surface area contributed by atoms with E-state index in [0.29, 0.717) is 10.8 Å². The molecule has 1 aromatic carbocycles. The van der Waals surface area contributed by atoms with Crippen molar-refractivity contribution in [3.63, 3.8) is 0 Å². The van der Waals surface area contributed by atoms with Crippen LogP contribution in [0.3, 0.4) is 0 Å². The van der Waals surface area contributed by atoms with Crippen molar-refractivity contribution < 1.29 is 4.74 Å². The van der Waals surface area contributed by atoms with Crippen molar-refractivity contribution in [3.05, 3.63) is 47.6 Å². The molecule has 0 aliphatic heterocycles. The van der Waals surface area contributed by atoms with Crippen molar-refractivity contribution in [1.82, 2.24) is 9.78 Å². The third-order valence-corrected chi connectivity index (χ3v) is 2.70. The normalized spacial score (nSPS) is 10.5. The Morgan fingerprint density at radius 1 is 1.38 bits per heavy atom. The minimum absolute atomic E-state index is 0.526. The molecule has 3 nitrogen and oxygen atoms in total. The Labute approximate surface area is 99.6 Å². The second-order valence-corrected chi connectivity index (χ2v) is 3.87. The van der Waals surface area contributed by atoms with Gasteiger partial charge in [-0.05, 0) is 31.5 Å². The maximum Gasteiger partial charge on any atom is 0.139 e. The molecule has 83 valence electrons. The summed E-state index contributed by atoms with van der Waals surface area (Å²) in [4.78, 5) is 0. The maximum atomic E-state index is 6.23. The number of ether oxygens (including phenoxy) is 1. The first-order valence-electron chi connectivity index (χ1n) is 4.84. The Balaban J connectivity index is 2.63. The lowest BCUT2D eigenvalue weighted by molar-refractivity contribution is 0.414. The molecule has 0 saturated carbocycles. The van der Waals surface area contributed by atoms with Gasteiger partial charge in [0.1, 0.15) is 10.8 Å². The molecular weight excluding hydrogens is 224 g/mol. The highest BCUT2D eigenvalue weighted by Gasteiger charge is 2.12. The molecule has 2 aromatic rings. The van der Waals surface area contributed by atoms with Crippen molar-refractivity contribution in [1.29, 1.82) is 0 Å². The van der Waals surface area contributed by atoms with E-state index in [1.54, 1.807) is 17.9 Å². The number of nitrogens with zero attached hydrogens (tertiary/aromatic N) is 2. The van der Waals surface area contributed by atoms with Crippen LogP contribution in [0.5, 0.6) is 5.75 Å². The summed E-state index contributed by atoms with van der Waals surface area (Å²) in [6, 6.07) is 5.57. The van der Waals surface area contributed by atoms with E-state index in [4.69, 9.17) is 16.3 Å². The highest BCUT2D eigenvalue weighted by molar-refractivity contribution is 6.34. The van der Waals surface area contributed by atoms with E-state index in [1.165, 1.54) is 0 Å². The van der Waals surface area contributed by atoms with E-state index in [2.05, 4.69) is 12.0 Å². The monoisotopic (exact) mass is 235 g/mol. The zero-order chi connectivity index (χ0) is 11.7. The molecule has 2 rings (SSSR count). The third kappa shape index (κ3) is 1.78. The largest absolute Gasteiger partial charge is 0.495 e. The van der Waals surface area contributed by atoms with Gasteiger partial charge in [0, 0.05) is 6.20 Å². The Morgan fingerprint density at radius 2 is 2.12 bits per heavy atom. The molecule has 0 aliphatic carbocycles. The first-order chi connectivity index (χ1) is 7.63. The van der Waals surface area contributed by atoms with Crippen molar-refractivity contribution in [3.8, 4) is 11.4 Å². The minimum Gasteiger partial charge on any atom is -0.495 e. The summed E-state index contributed by atoms with van der Waals surface area (Å²) in [5, 5.41) is 4.84. The molecule has 1 aromatic heterocycles. The van der Waals surface area contributed by atoms with Gasteiger partial charge in [-0.1, -0.05) is 17.7 Å². The van der Waals surface area contributed by atoms with Gasteiger partial charge in [0.25, 0.3) is 0 Å². The topological polar surface area (TPSA) is 27.1 Å². The molecule has 4 heteroatoms. The van der Waals surface area contributed by atoms with Crippen LogP contribution in [-0.4, -0.2) is 16.9 Å². The second kappa shape index (κ2) is 4.18. The lowest BCUT2D eigenvalue weighted by atomic mass is 10.2. The fraction of sp³-hybridized carbons (Fsp3) is 0.167. The first kappa shape index (κ1) is 11.0. The highest BCUT2D eigenvalue weighted by atomic mass is 35.5. The van der Waals surface area contributed by atoms with Gasteiger partial charge >= 0.3 is 0 Å². The molecule has 1 radical (unpaired) electrons. The lowest BCUT2D eigenvalue weighted by Gasteiger charge is -2.11. The number of aryl methyl sites for hydroxylation is 1. The molecule has 1 heterocycles. The van der Waals surface area contributed by atoms with E-state index >= 15 is 0 Å². The molecular formula is C12H12ClN2O. The van der Waals surface area contributed by atoms with E-state index in [9.17, 15) is 0 Å². The summed E-state index contributed by atoms with van der Waals surface area (Å²) in [5.41, 5.74) is 2.50. The Morgan fingerprint density at radius 3 is 2.69 bits per heavy atom. The van der Waals surface area contributed by atoms with Crippen LogP contribution in [0.2, 0.25) is 5.02 Å². The Bertz CT molecular complexity index is 520. The fourth-order valence-corrected chi connectivity index (χ4v) is 1.88. The van der Waals surface area contributed by atoms with E-state index in [1.807, 2.05) is 25.3 Å². The van der Waals surface area contributed by atoms with Crippen LogP contribution in [0.4, 0.5) is 0 Å². The molecule has 0 unspecified atom stereocenters. The van der Waals surface area contributed by atoms with Crippen LogP contribution in [-0.2, 0) is 0 Å². The summed E-state index contributed by atoms with van der Waals surface area (Å²) in [5.74, 6) is 0.622. The summed E-state index contributed by atoms with van der Waals surface area (Å²) in [6.07, 6.45) is 1.85. The number of benzene rings is 1. The third-order valence-electron chi connectivity index (χ3n) is 2.34. The molecule has 16 heavy (non-hydrogen) atoms. The molecule has 0 spiro atoms. The summed E-state index contributed by atoms with van der Waals surface area (Å²) < 4.78 is 6.88. The molecule has 0 atom stereocenters. The van der Waals surface area contributed by atoms with E-state index in [-0.39, 0.29) is 0 Å². The zero-order valence-electron chi connectivity index (χ0n) is 9.20. The molecule has 0 bridgehead atoms. The quantitative estimate of drug-likeness (QED) is 0.800. The van der Waals surface area contributed by atoms with Crippen LogP contribution in [0, 0.1) is 13.8 Å². The summed E-state index contributed by atoms with van der Waals surface area (Å²) in [6.45, 7) is 5.87. The predicted octanol–water partition coefficient (Wildman–Crippen LogP) is 3.02. The molecule has 0 amide bonds. The number of aromatic nitrogens is 2. The Hall–Kier alpha value is -1.48. The van der Waals surface area contributed by atoms with Crippen LogP contribution >= 0.6 is 11.6 Å². The van der Waals surface area contributed by atoms with Crippen molar-refractivity contribution in [2.75, 3.05) is 7.11 Å². The molecule has 0 fully saturated rings. The minimum atomic E-state index is 0.526. The van der Waals surface area contributed by atoms with Crippen molar-refractivity contribution in [2.45, 2.75) is 6.92 Å². The van der Waals surface area contributed by atoms with Gasteiger partial charge in [-0.15, -0.1) is 0 Å². The number of hydrogen-bond donors (Lipinski definition) is 0. The molecule has 0 aliphatic rings. The average molecular weight is 236 g/mol. The van der Waals surface area contributed by atoms with Crippen LogP contribution in [0.15, 0.2) is 24.4 Å². The SMILES string of the molecule is [CH2]c1ccc(OC)c(Cl)c1-n1ccc(C)n1. The fourth-order valence-electron chi connectivity index (χ4n) is 1.53. The van der Waals surface area contributed by atoms with E-state index < -0.39 is 0 Å². The number of methoxy groups -OCH3 is 1. The second-order valence-electron chi connectivity index (χ2n) is 3.49. The number of halogens is 1. The zero-order valence-corrected chi connectivity index (χ0v) is 9.95. The van der Waals surface area contributed by atoms with Gasteiger partial charge in [0.2, 0.25) is 0 Å². The van der Waals surface area contributed by atoms with Gasteiger partial charge in [-0.2, -0.15) is 5.10 Å². The standard InChI is InChI=1S/C12H12ClN2O/c1-8-4-5-10(16-3)11(13)12(8)15-7-6-9(2)14-15/h4-7H,1H2,2-3H3. The molecule has 0 N–H and O–H groups in total. The smallest absolute Gasteiger partial charge is 0.139 e. The van der Waals surface area contributed by atoms with Crippen LogP contribution in [0.25, 0.3) is 5.69 Å². The van der Waals surface area contributed by atoms with Gasteiger partial charge < -0.3 is 4.74 Å². The maximum absolute atomic E-state index is 6.23. The first-order valence-corrected chi connectivity index (χ1v) is 5.22. The average Bonchev–Trinajstić information content (AvgIpc) is 2.65. The van der Waals surface area contributed by atoms with Gasteiger partial charge in [0.15, 0.2) is 0 Å². The Kier molecular flexibility index (Phi) is 2.88. The van der Waals surface area contributed by atoms with Crippen LogP contribution < -0.4 is 4.74 Å². The van der Waals surface area contributed by atoms with Gasteiger partial charge in [-0.25, -0.2) is 4.68 Å².